The van der Waals surface area contributed by atoms with Gasteiger partial charge in [-0.15, -0.1) is 0 Å². The number of anilines is 1. The Hall–Kier alpha value is -1.25. The topological polar surface area (TPSA) is 35.2 Å². The summed E-state index contributed by atoms with van der Waals surface area (Å²) >= 11 is 0. The van der Waals surface area contributed by atoms with Gasteiger partial charge in [0.15, 0.2) is 0 Å². The summed E-state index contributed by atoms with van der Waals surface area (Å²) in [6.45, 7) is -0.367. The fraction of sp³-hybridized carbons (Fsp3) is 0.250. The van der Waals surface area contributed by atoms with Crippen LogP contribution in [0.1, 0.15) is 0 Å². The third kappa shape index (κ3) is 2.45. The van der Waals surface area contributed by atoms with Crippen molar-refractivity contribution in [3.63, 3.8) is 0 Å². The van der Waals surface area contributed by atoms with Crippen molar-refractivity contribution >= 4 is 5.69 Å². The number of halogens is 1. The maximum Gasteiger partial charge on any atom is 0.123 e. The molecular formula is C8H10FNO. The van der Waals surface area contributed by atoms with Crippen LogP contribution in [0.5, 0.6) is 5.75 Å². The van der Waals surface area contributed by atoms with Crippen molar-refractivity contribution < 1.29 is 9.13 Å². The standard InChI is InChI=1S/C8H10FNO/c9-5-6-11-8-3-1-7(10)2-4-8/h1-4H,5-6,10H2. The molecule has 2 nitrogen and oxygen atoms in total. The zero-order valence-electron chi connectivity index (χ0n) is 6.09. The molecule has 0 saturated heterocycles. The summed E-state index contributed by atoms with van der Waals surface area (Å²) in [5, 5.41) is 0. The minimum atomic E-state index is -0.468. The molecule has 0 aliphatic rings. The molecule has 0 radical (unpaired) electrons. The number of hydrogen-bond donors (Lipinski definition) is 1. The van der Waals surface area contributed by atoms with Gasteiger partial charge >= 0.3 is 0 Å². The van der Waals surface area contributed by atoms with E-state index in [9.17, 15) is 4.39 Å². The lowest BCUT2D eigenvalue weighted by molar-refractivity contribution is 0.273. The van der Waals surface area contributed by atoms with Crippen LogP contribution in [0.4, 0.5) is 10.1 Å². The highest BCUT2D eigenvalue weighted by molar-refractivity contribution is 5.41. The fourth-order valence-electron chi connectivity index (χ4n) is 0.720. The van der Waals surface area contributed by atoms with Crippen LogP contribution in [0.2, 0.25) is 0 Å². The van der Waals surface area contributed by atoms with Crippen LogP contribution in [-0.4, -0.2) is 13.3 Å². The second-order valence-corrected chi connectivity index (χ2v) is 2.11. The van der Waals surface area contributed by atoms with Crippen LogP contribution in [0, 0.1) is 0 Å². The van der Waals surface area contributed by atoms with Gasteiger partial charge < -0.3 is 10.5 Å². The largest absolute Gasteiger partial charge is 0.491 e. The molecule has 0 amide bonds. The molecule has 0 saturated carbocycles. The maximum absolute atomic E-state index is 11.6. The molecule has 0 unspecified atom stereocenters. The van der Waals surface area contributed by atoms with Gasteiger partial charge in [-0.3, -0.25) is 0 Å². The second kappa shape index (κ2) is 3.81. The highest BCUT2D eigenvalue weighted by atomic mass is 19.1. The maximum atomic E-state index is 11.6. The smallest absolute Gasteiger partial charge is 0.123 e. The van der Waals surface area contributed by atoms with Gasteiger partial charge in [-0.2, -0.15) is 0 Å². The van der Waals surface area contributed by atoms with Crippen LogP contribution >= 0.6 is 0 Å². The molecule has 0 heterocycles. The molecule has 0 fully saturated rings. The van der Waals surface area contributed by atoms with E-state index >= 15 is 0 Å². The molecule has 0 bridgehead atoms. The fourth-order valence-corrected chi connectivity index (χ4v) is 0.720. The zero-order chi connectivity index (χ0) is 8.10. The van der Waals surface area contributed by atoms with Crippen molar-refractivity contribution in [1.82, 2.24) is 0 Å². The normalized spacial score (nSPS) is 9.55. The lowest BCUT2D eigenvalue weighted by Gasteiger charge is -2.02. The predicted molar refractivity (Wildman–Crippen MR) is 42.3 cm³/mol. The summed E-state index contributed by atoms with van der Waals surface area (Å²) in [7, 11) is 0. The van der Waals surface area contributed by atoms with Crippen molar-refractivity contribution in [3.8, 4) is 5.75 Å². The van der Waals surface area contributed by atoms with Gasteiger partial charge in [-0.1, -0.05) is 0 Å². The molecule has 0 atom stereocenters. The van der Waals surface area contributed by atoms with Crippen LogP contribution < -0.4 is 10.5 Å². The summed E-state index contributed by atoms with van der Waals surface area (Å²) in [6, 6.07) is 6.86. The van der Waals surface area contributed by atoms with E-state index in [4.69, 9.17) is 10.5 Å². The zero-order valence-corrected chi connectivity index (χ0v) is 6.09. The van der Waals surface area contributed by atoms with Gasteiger partial charge in [0.25, 0.3) is 0 Å². The Bertz CT molecular complexity index is 210. The van der Waals surface area contributed by atoms with Crippen LogP contribution in [0.15, 0.2) is 24.3 Å². The summed E-state index contributed by atoms with van der Waals surface area (Å²) < 4.78 is 16.6. The first-order valence-corrected chi connectivity index (χ1v) is 3.37. The minimum Gasteiger partial charge on any atom is -0.491 e. The number of nitrogens with two attached hydrogens (primary N) is 1. The molecule has 0 spiro atoms. The number of nitrogen functional groups attached to an aromatic ring is 1. The average molecular weight is 155 g/mol. The lowest BCUT2D eigenvalue weighted by atomic mass is 10.3. The summed E-state index contributed by atoms with van der Waals surface area (Å²) in [5.74, 6) is 0.650. The SMILES string of the molecule is Nc1ccc(OCCF)cc1. The summed E-state index contributed by atoms with van der Waals surface area (Å²) in [4.78, 5) is 0. The monoisotopic (exact) mass is 155 g/mol. The van der Waals surface area contributed by atoms with Gasteiger partial charge in [-0.25, -0.2) is 4.39 Å². The van der Waals surface area contributed by atoms with Crippen LogP contribution in [0.25, 0.3) is 0 Å². The van der Waals surface area contributed by atoms with E-state index in [-0.39, 0.29) is 6.61 Å². The Morgan fingerprint density at radius 2 is 1.91 bits per heavy atom. The number of ether oxygens (including phenoxy) is 1. The van der Waals surface area contributed by atoms with Crippen molar-refractivity contribution in [1.29, 1.82) is 0 Å². The third-order valence-corrected chi connectivity index (χ3v) is 1.23. The van der Waals surface area contributed by atoms with Gasteiger partial charge in [-0.05, 0) is 24.3 Å². The number of benzene rings is 1. The van der Waals surface area contributed by atoms with Gasteiger partial charge in [0.1, 0.15) is 19.0 Å². The van der Waals surface area contributed by atoms with E-state index in [1.165, 1.54) is 0 Å². The van der Waals surface area contributed by atoms with E-state index in [1.54, 1.807) is 24.3 Å². The highest BCUT2D eigenvalue weighted by Gasteiger charge is 1.90. The van der Waals surface area contributed by atoms with Crippen molar-refractivity contribution in [3.05, 3.63) is 24.3 Å². The minimum absolute atomic E-state index is 0.101. The van der Waals surface area contributed by atoms with Gasteiger partial charge in [0, 0.05) is 5.69 Å². The third-order valence-electron chi connectivity index (χ3n) is 1.23. The Kier molecular flexibility index (Phi) is 2.72. The van der Waals surface area contributed by atoms with E-state index in [1.807, 2.05) is 0 Å². The van der Waals surface area contributed by atoms with Crippen molar-refractivity contribution in [2.45, 2.75) is 0 Å². The Balaban J connectivity index is 2.52. The molecule has 0 aromatic heterocycles. The molecule has 1 aromatic carbocycles. The van der Waals surface area contributed by atoms with E-state index in [0.717, 1.165) is 0 Å². The molecule has 60 valence electrons. The molecule has 0 aliphatic carbocycles. The molecular weight excluding hydrogens is 145 g/mol. The Morgan fingerprint density at radius 3 is 2.45 bits per heavy atom. The summed E-state index contributed by atoms with van der Waals surface area (Å²) in [6.07, 6.45) is 0. The van der Waals surface area contributed by atoms with E-state index in [2.05, 4.69) is 0 Å². The van der Waals surface area contributed by atoms with E-state index < -0.39 is 6.67 Å². The number of hydrogen-bond acceptors (Lipinski definition) is 2. The van der Waals surface area contributed by atoms with Crippen LogP contribution in [-0.2, 0) is 0 Å². The van der Waals surface area contributed by atoms with Crippen LogP contribution in [0.3, 0.4) is 0 Å². The predicted octanol–water partition coefficient (Wildman–Crippen LogP) is 1.62. The molecule has 1 rings (SSSR count). The van der Waals surface area contributed by atoms with Crippen molar-refractivity contribution in [2.24, 2.45) is 0 Å². The first-order chi connectivity index (χ1) is 5.33. The van der Waals surface area contributed by atoms with Gasteiger partial charge in [0.2, 0.25) is 0 Å². The molecule has 11 heavy (non-hydrogen) atoms. The lowest BCUT2D eigenvalue weighted by Crippen LogP contribution is -1.98. The Morgan fingerprint density at radius 1 is 1.27 bits per heavy atom. The number of rotatable bonds is 3. The van der Waals surface area contributed by atoms with Gasteiger partial charge in [0.05, 0.1) is 0 Å². The first-order valence-electron chi connectivity index (χ1n) is 3.37. The quantitative estimate of drug-likeness (QED) is 0.673. The van der Waals surface area contributed by atoms with Crippen molar-refractivity contribution in [2.75, 3.05) is 19.0 Å². The molecule has 0 aliphatic heterocycles. The van der Waals surface area contributed by atoms with E-state index in [0.29, 0.717) is 11.4 Å². The second-order valence-electron chi connectivity index (χ2n) is 2.11. The highest BCUT2D eigenvalue weighted by Crippen LogP contribution is 2.12. The Labute approximate surface area is 64.8 Å². The molecule has 3 heteroatoms. The summed E-state index contributed by atoms with van der Waals surface area (Å²) in [5.41, 5.74) is 6.10. The number of alkyl halides is 1. The average Bonchev–Trinajstić information content (AvgIpc) is 2.04. The molecule has 1 aromatic rings. The first kappa shape index (κ1) is 7.85. The molecule has 2 N–H and O–H groups in total.